The van der Waals surface area contributed by atoms with E-state index in [0.29, 0.717) is 0 Å². The van der Waals surface area contributed by atoms with E-state index in [0.717, 1.165) is 48.3 Å². The van der Waals surface area contributed by atoms with Crippen LogP contribution in [0.25, 0.3) is 0 Å². The molecule has 2 aromatic rings. The van der Waals surface area contributed by atoms with Crippen molar-refractivity contribution in [3.05, 3.63) is 28.3 Å². The van der Waals surface area contributed by atoms with Gasteiger partial charge in [0.05, 0.1) is 0 Å². The van der Waals surface area contributed by atoms with Gasteiger partial charge in [-0.3, -0.25) is 4.21 Å². The van der Waals surface area contributed by atoms with E-state index in [2.05, 4.69) is 21.5 Å². The van der Waals surface area contributed by atoms with Crippen molar-refractivity contribution in [2.24, 2.45) is 0 Å². The van der Waals surface area contributed by atoms with Crippen molar-refractivity contribution in [3.63, 3.8) is 0 Å². The van der Waals surface area contributed by atoms with E-state index in [1.54, 1.807) is 0 Å². The first-order valence-corrected chi connectivity index (χ1v) is 9.21. The summed E-state index contributed by atoms with van der Waals surface area (Å²) in [4.78, 5) is 3.89. The van der Waals surface area contributed by atoms with Crippen molar-refractivity contribution in [1.82, 2.24) is 14.2 Å². The number of rotatable bonds is 4. The molecule has 1 unspecified atom stereocenters. The van der Waals surface area contributed by atoms with Crippen LogP contribution in [0.15, 0.2) is 11.2 Å². The maximum absolute atomic E-state index is 13.0. The molecule has 1 heterocycles. The molecule has 24 heavy (non-hydrogen) atoms. The Bertz CT molecular complexity index is 782. The summed E-state index contributed by atoms with van der Waals surface area (Å²) in [5, 5.41) is 6.37. The molecule has 1 aromatic heterocycles. The largest absolute Gasteiger partial charge is 1.00 e. The van der Waals surface area contributed by atoms with Crippen LogP contribution in [-0.2, 0) is 36.8 Å². The third-order valence-electron chi connectivity index (χ3n) is 4.48. The van der Waals surface area contributed by atoms with Crippen LogP contribution < -0.4 is 34.9 Å². The maximum atomic E-state index is 13.0. The van der Waals surface area contributed by atoms with E-state index >= 15 is 0 Å². The predicted octanol–water partition coefficient (Wildman–Crippen LogP) is -0.378. The zero-order valence-electron chi connectivity index (χ0n) is 13.2. The van der Waals surface area contributed by atoms with Crippen LogP contribution in [0.1, 0.15) is 35.1 Å². The van der Waals surface area contributed by atoms with Crippen molar-refractivity contribution in [2.45, 2.75) is 43.7 Å². The third kappa shape index (κ3) is 3.17. The summed E-state index contributed by atoms with van der Waals surface area (Å²) >= 11 is -2.76. The number of benzene rings is 1. The standard InChI is InChI=1S/C14H15FN4O2S2.Na/c15-22-19-13(17-14(18-19)23(20)21)16-12-10-5-1-3-8(10)7-9-4-2-6-11(9)12;/h7H,1-6H2,(H,20,21)(H,16,17,18);/q;+1/p-1. The van der Waals surface area contributed by atoms with Crippen molar-refractivity contribution in [1.29, 1.82) is 0 Å². The molecule has 1 atom stereocenters. The second kappa shape index (κ2) is 7.43. The maximum Gasteiger partial charge on any atom is 1.00 e. The Labute approximate surface area is 168 Å². The molecule has 0 fully saturated rings. The number of nitrogens with zero attached hydrogens (tertiary/aromatic N) is 3. The summed E-state index contributed by atoms with van der Waals surface area (Å²) in [5.74, 6) is 0.103. The Hall–Kier alpha value is -0.450. The van der Waals surface area contributed by atoms with Gasteiger partial charge in [-0.1, -0.05) is 6.07 Å². The van der Waals surface area contributed by atoms with Gasteiger partial charge in [-0.05, 0) is 60.8 Å². The number of halogens is 1. The van der Waals surface area contributed by atoms with E-state index in [1.165, 1.54) is 22.3 Å². The van der Waals surface area contributed by atoms with Gasteiger partial charge in [-0.25, -0.2) is 0 Å². The molecule has 0 spiro atoms. The van der Waals surface area contributed by atoms with Crippen LogP contribution in [0.3, 0.4) is 0 Å². The fraction of sp³-hybridized carbons (Fsp3) is 0.429. The molecule has 122 valence electrons. The minimum Gasteiger partial charge on any atom is -0.766 e. The SMILES string of the molecule is O=S([O-])c1nc(Nc2c3c(cc4c2CCC4)CCC3)n(SF)n1.[Na+]. The quantitative estimate of drug-likeness (QED) is 0.579. The van der Waals surface area contributed by atoms with Crippen molar-refractivity contribution < 1.29 is 42.2 Å². The van der Waals surface area contributed by atoms with Gasteiger partial charge in [0.15, 0.2) is 12.3 Å². The van der Waals surface area contributed by atoms with E-state index in [9.17, 15) is 12.6 Å². The molecule has 0 saturated carbocycles. The molecule has 0 bridgehead atoms. The van der Waals surface area contributed by atoms with Crippen LogP contribution in [0.5, 0.6) is 0 Å². The van der Waals surface area contributed by atoms with Crippen molar-refractivity contribution in [2.75, 3.05) is 5.32 Å². The summed E-state index contributed by atoms with van der Waals surface area (Å²) < 4.78 is 35.9. The second-order valence-electron chi connectivity index (χ2n) is 5.75. The summed E-state index contributed by atoms with van der Waals surface area (Å²) in [6.45, 7) is 0. The normalized spacial score (nSPS) is 16.4. The van der Waals surface area contributed by atoms with E-state index in [1.807, 2.05) is 0 Å². The number of nitrogens with one attached hydrogen (secondary N) is 1. The number of hydrogen-bond acceptors (Lipinski definition) is 6. The Balaban J connectivity index is 0.00000169. The Morgan fingerprint density at radius 2 is 1.83 bits per heavy atom. The number of aromatic nitrogens is 3. The van der Waals surface area contributed by atoms with Gasteiger partial charge in [0, 0.05) is 16.8 Å². The molecule has 1 aromatic carbocycles. The smallest absolute Gasteiger partial charge is 0.766 e. The zero-order chi connectivity index (χ0) is 16.0. The minimum absolute atomic E-state index is 0. The summed E-state index contributed by atoms with van der Waals surface area (Å²) in [6, 6.07) is 2.29. The van der Waals surface area contributed by atoms with Crippen LogP contribution in [-0.4, -0.2) is 22.9 Å². The molecule has 6 nitrogen and oxygen atoms in total. The van der Waals surface area contributed by atoms with Crippen LogP contribution in [0, 0.1) is 0 Å². The molecule has 2 aliphatic carbocycles. The van der Waals surface area contributed by atoms with E-state index < -0.39 is 16.2 Å². The number of fused-ring (bicyclic) bond motifs is 2. The van der Waals surface area contributed by atoms with Gasteiger partial charge in [0.1, 0.15) is 0 Å². The fourth-order valence-corrected chi connectivity index (χ4v) is 4.18. The average molecular weight is 376 g/mol. The van der Waals surface area contributed by atoms with Gasteiger partial charge < -0.3 is 9.87 Å². The molecule has 0 aliphatic heterocycles. The predicted molar refractivity (Wildman–Crippen MR) is 85.1 cm³/mol. The van der Waals surface area contributed by atoms with Gasteiger partial charge >= 0.3 is 29.6 Å². The Morgan fingerprint density at radius 1 is 1.21 bits per heavy atom. The van der Waals surface area contributed by atoms with Crippen molar-refractivity contribution >= 4 is 35.1 Å². The molecule has 0 saturated heterocycles. The number of aryl methyl sites for hydroxylation is 2. The van der Waals surface area contributed by atoms with E-state index in [4.69, 9.17) is 0 Å². The Morgan fingerprint density at radius 3 is 2.38 bits per heavy atom. The van der Waals surface area contributed by atoms with Gasteiger partial charge in [0.2, 0.25) is 11.1 Å². The third-order valence-corrected chi connectivity index (χ3v) is 5.34. The van der Waals surface area contributed by atoms with Gasteiger partial charge in [0.25, 0.3) is 0 Å². The molecule has 1 N–H and O–H groups in total. The topological polar surface area (TPSA) is 82.9 Å². The van der Waals surface area contributed by atoms with Crippen LogP contribution in [0.4, 0.5) is 15.5 Å². The first-order chi connectivity index (χ1) is 11.2. The number of hydrogen-bond donors (Lipinski definition) is 1. The molecule has 0 radical (unpaired) electrons. The molecule has 4 rings (SSSR count). The zero-order valence-corrected chi connectivity index (χ0v) is 16.8. The average Bonchev–Trinajstić information content (AvgIpc) is 3.24. The summed E-state index contributed by atoms with van der Waals surface area (Å²) in [5.41, 5.74) is 6.13. The van der Waals surface area contributed by atoms with E-state index in [-0.39, 0.29) is 47.8 Å². The fourth-order valence-electron chi connectivity index (χ4n) is 3.55. The number of anilines is 2. The van der Waals surface area contributed by atoms with Crippen LogP contribution >= 0.6 is 12.3 Å². The van der Waals surface area contributed by atoms with Crippen LogP contribution in [0.2, 0.25) is 0 Å². The van der Waals surface area contributed by atoms with Crippen molar-refractivity contribution in [3.8, 4) is 0 Å². The first-order valence-electron chi connectivity index (χ1n) is 7.46. The molecular formula is C14H14FN4NaO2S2. The second-order valence-corrected chi connectivity index (χ2v) is 7.07. The molecule has 10 heteroatoms. The Kier molecular flexibility index (Phi) is 5.68. The first kappa shape index (κ1) is 18.3. The summed E-state index contributed by atoms with van der Waals surface area (Å²) in [6.07, 6.45) is 6.26. The molecule has 0 amide bonds. The minimum atomic E-state index is -2.59. The molecular weight excluding hydrogens is 362 g/mol. The van der Waals surface area contributed by atoms with Gasteiger partial charge in [-0.15, -0.1) is 13.1 Å². The molecule has 2 aliphatic rings. The van der Waals surface area contributed by atoms with Gasteiger partial charge in [-0.2, -0.15) is 4.98 Å². The monoisotopic (exact) mass is 376 g/mol. The summed E-state index contributed by atoms with van der Waals surface area (Å²) in [7, 11) is 0.